The molecule has 0 unspecified atom stereocenters. The lowest BCUT2D eigenvalue weighted by molar-refractivity contribution is -0.141. The fourth-order valence-corrected chi connectivity index (χ4v) is 8.03. The van der Waals surface area contributed by atoms with Crippen LogP contribution in [0, 0.1) is 11.8 Å². The second-order valence-corrected chi connectivity index (χ2v) is 15.3. The fraction of sp³-hybridized carbons (Fsp3) is 0.548. The van der Waals surface area contributed by atoms with Gasteiger partial charge < -0.3 is 18.6 Å². The van der Waals surface area contributed by atoms with E-state index in [2.05, 4.69) is 27.7 Å². The number of methoxy groups -OCH3 is 1. The van der Waals surface area contributed by atoms with Crippen molar-refractivity contribution in [1.29, 1.82) is 0 Å². The van der Waals surface area contributed by atoms with E-state index in [4.69, 9.17) is 18.6 Å². The molecule has 0 N–H and O–H groups in total. The van der Waals surface area contributed by atoms with Crippen molar-refractivity contribution >= 4 is 20.3 Å². The van der Waals surface area contributed by atoms with Crippen molar-refractivity contribution in [3.8, 4) is 5.75 Å². The van der Waals surface area contributed by atoms with Crippen LogP contribution in [0.5, 0.6) is 5.75 Å². The van der Waals surface area contributed by atoms with Crippen LogP contribution in [-0.4, -0.2) is 57.7 Å². The van der Waals surface area contributed by atoms with Crippen LogP contribution in [0.1, 0.15) is 45.7 Å². The number of nitrogens with zero attached hydrogens (tertiary/aromatic N) is 1. The quantitative estimate of drug-likeness (QED) is 0.235. The SMILES string of the molecule is CC[Si](CC)(CC)OC[C@@H](C)[C@H](OCc1ccc(OC)cc1)[C@@H](C)C(=O)N1C(=O)OC[C@H]1Cc1ccccc1. The summed E-state index contributed by atoms with van der Waals surface area (Å²) in [6, 6.07) is 20.4. The van der Waals surface area contributed by atoms with Crippen molar-refractivity contribution in [1.82, 2.24) is 4.90 Å². The number of cyclic esters (lactones) is 1. The molecule has 0 radical (unpaired) electrons. The van der Waals surface area contributed by atoms with Crippen molar-refractivity contribution in [2.75, 3.05) is 20.3 Å². The van der Waals surface area contributed by atoms with Crippen LogP contribution in [0.25, 0.3) is 0 Å². The Morgan fingerprint density at radius 3 is 2.23 bits per heavy atom. The monoisotopic (exact) mass is 555 g/mol. The van der Waals surface area contributed by atoms with Gasteiger partial charge in [0.15, 0.2) is 8.32 Å². The molecule has 39 heavy (non-hydrogen) atoms. The number of rotatable bonds is 15. The maximum atomic E-state index is 13.9. The highest BCUT2D eigenvalue weighted by Crippen LogP contribution is 2.29. The number of benzene rings is 2. The lowest BCUT2D eigenvalue weighted by atomic mass is 9.91. The van der Waals surface area contributed by atoms with Crippen molar-refractivity contribution in [3.05, 3.63) is 65.7 Å². The molecule has 8 heteroatoms. The first kappa shape index (κ1) is 30.9. The van der Waals surface area contributed by atoms with Crippen LogP contribution in [0.15, 0.2) is 54.6 Å². The lowest BCUT2D eigenvalue weighted by Crippen LogP contribution is -2.48. The normalized spacial score (nSPS) is 17.9. The van der Waals surface area contributed by atoms with Gasteiger partial charge in [0.1, 0.15) is 12.4 Å². The van der Waals surface area contributed by atoms with Crippen LogP contribution >= 0.6 is 0 Å². The predicted octanol–water partition coefficient (Wildman–Crippen LogP) is 6.46. The molecule has 0 saturated carbocycles. The van der Waals surface area contributed by atoms with E-state index in [-0.39, 0.29) is 24.5 Å². The zero-order valence-electron chi connectivity index (χ0n) is 24.4. The molecule has 1 fully saturated rings. The molecule has 214 valence electrons. The van der Waals surface area contributed by atoms with E-state index in [0.29, 0.717) is 19.6 Å². The van der Waals surface area contributed by atoms with Crippen LogP contribution in [-0.2, 0) is 31.7 Å². The van der Waals surface area contributed by atoms with Gasteiger partial charge >= 0.3 is 6.09 Å². The minimum atomic E-state index is -1.82. The first-order chi connectivity index (χ1) is 18.8. The molecule has 4 atom stereocenters. The summed E-state index contributed by atoms with van der Waals surface area (Å²) in [6.45, 7) is 11.6. The average Bonchev–Trinajstić information content (AvgIpc) is 3.33. The first-order valence-electron chi connectivity index (χ1n) is 14.2. The van der Waals surface area contributed by atoms with Crippen LogP contribution in [0.2, 0.25) is 18.1 Å². The molecule has 3 rings (SSSR count). The molecule has 1 heterocycles. The topological polar surface area (TPSA) is 74.3 Å². The van der Waals surface area contributed by atoms with Crippen LogP contribution in [0.4, 0.5) is 4.79 Å². The molecule has 0 aliphatic carbocycles. The predicted molar refractivity (Wildman–Crippen MR) is 155 cm³/mol. The largest absolute Gasteiger partial charge is 0.497 e. The highest BCUT2D eigenvalue weighted by atomic mass is 28.4. The molecular weight excluding hydrogens is 510 g/mol. The third kappa shape index (κ3) is 7.93. The number of amides is 2. The van der Waals surface area contributed by atoms with Gasteiger partial charge in [0.05, 0.1) is 31.8 Å². The third-order valence-corrected chi connectivity index (χ3v) is 12.8. The minimum absolute atomic E-state index is 0.0510. The molecular formula is C31H45NO6Si. The van der Waals surface area contributed by atoms with Crippen molar-refractivity contribution in [2.45, 2.75) is 77.9 Å². The molecule has 2 aromatic carbocycles. The minimum Gasteiger partial charge on any atom is -0.497 e. The number of carbonyl (C=O) groups excluding carboxylic acids is 2. The Kier molecular flexibility index (Phi) is 11.6. The summed E-state index contributed by atoms with van der Waals surface area (Å²) in [6.07, 6.45) is -0.471. The summed E-state index contributed by atoms with van der Waals surface area (Å²) in [5.41, 5.74) is 2.04. The Labute approximate surface area is 234 Å². The summed E-state index contributed by atoms with van der Waals surface area (Å²) in [4.78, 5) is 27.9. The van der Waals surface area contributed by atoms with E-state index in [1.54, 1.807) is 7.11 Å². The molecule has 2 aromatic rings. The highest BCUT2D eigenvalue weighted by Gasteiger charge is 2.43. The third-order valence-electron chi connectivity index (χ3n) is 8.14. The first-order valence-corrected chi connectivity index (χ1v) is 16.7. The maximum Gasteiger partial charge on any atom is 0.416 e. The van der Waals surface area contributed by atoms with Crippen molar-refractivity contribution in [3.63, 3.8) is 0 Å². The smallest absolute Gasteiger partial charge is 0.416 e. The van der Waals surface area contributed by atoms with E-state index < -0.39 is 26.4 Å². The van der Waals surface area contributed by atoms with Gasteiger partial charge in [-0.3, -0.25) is 4.79 Å². The molecule has 1 aliphatic rings. The van der Waals surface area contributed by atoms with Gasteiger partial charge in [0, 0.05) is 12.5 Å². The van der Waals surface area contributed by atoms with Crippen molar-refractivity contribution in [2.24, 2.45) is 11.8 Å². The van der Waals surface area contributed by atoms with Gasteiger partial charge in [-0.1, -0.05) is 77.1 Å². The number of hydrogen-bond acceptors (Lipinski definition) is 6. The number of imide groups is 1. The van der Waals surface area contributed by atoms with Crippen molar-refractivity contribution < 1.29 is 28.2 Å². The van der Waals surface area contributed by atoms with E-state index in [1.807, 2.05) is 61.5 Å². The summed E-state index contributed by atoms with van der Waals surface area (Å²) in [5, 5.41) is 0. The summed E-state index contributed by atoms with van der Waals surface area (Å²) in [5.74, 6) is -0.107. The highest BCUT2D eigenvalue weighted by molar-refractivity contribution is 6.73. The van der Waals surface area contributed by atoms with Gasteiger partial charge in [0.25, 0.3) is 0 Å². The molecule has 2 amide bonds. The summed E-state index contributed by atoms with van der Waals surface area (Å²) in [7, 11) is -0.179. The van der Waals surface area contributed by atoms with E-state index in [1.165, 1.54) is 4.90 Å². The Morgan fingerprint density at radius 2 is 1.64 bits per heavy atom. The molecule has 0 spiro atoms. The molecule has 0 aromatic heterocycles. The second kappa shape index (κ2) is 14.6. The zero-order chi connectivity index (χ0) is 28.4. The van der Waals surface area contributed by atoms with Crippen LogP contribution < -0.4 is 4.74 Å². The number of carbonyl (C=O) groups is 2. The lowest BCUT2D eigenvalue weighted by Gasteiger charge is -2.35. The van der Waals surface area contributed by atoms with Gasteiger partial charge in [-0.05, 0) is 47.8 Å². The molecule has 1 aliphatic heterocycles. The molecule has 1 saturated heterocycles. The van der Waals surface area contributed by atoms with E-state index >= 15 is 0 Å². The summed E-state index contributed by atoms with van der Waals surface area (Å²) < 4.78 is 23.7. The number of ether oxygens (including phenoxy) is 3. The van der Waals surface area contributed by atoms with Crippen LogP contribution in [0.3, 0.4) is 0 Å². The maximum absolute atomic E-state index is 13.9. The molecule has 0 bridgehead atoms. The Hall–Kier alpha value is -2.68. The second-order valence-electron chi connectivity index (χ2n) is 10.6. The molecule has 7 nitrogen and oxygen atoms in total. The Morgan fingerprint density at radius 1 is 1.00 bits per heavy atom. The summed E-state index contributed by atoms with van der Waals surface area (Å²) >= 11 is 0. The number of hydrogen-bond donors (Lipinski definition) is 0. The van der Waals surface area contributed by atoms with Gasteiger partial charge in [-0.15, -0.1) is 0 Å². The van der Waals surface area contributed by atoms with E-state index in [0.717, 1.165) is 35.0 Å². The van der Waals surface area contributed by atoms with E-state index in [9.17, 15) is 9.59 Å². The average molecular weight is 556 g/mol. The fourth-order valence-electron chi connectivity index (χ4n) is 5.30. The van der Waals surface area contributed by atoms with Gasteiger partial charge in [-0.2, -0.15) is 0 Å². The van der Waals surface area contributed by atoms with Gasteiger partial charge in [0.2, 0.25) is 5.91 Å². The Balaban J connectivity index is 1.79. The Bertz CT molecular complexity index is 1030. The zero-order valence-corrected chi connectivity index (χ0v) is 25.4. The standard InChI is InChI=1S/C31H45NO6Si/c1-7-39(8-2,9-3)38-20-23(4)29(36-21-26-15-17-28(35-6)18-16-26)24(5)30(33)32-27(22-37-31(32)34)19-25-13-11-10-12-14-25/h10-18,23-24,27,29H,7-9,19-22H2,1-6H3/t23-,24-,27-,29+/m1/s1. The van der Waals surface area contributed by atoms with Gasteiger partial charge in [-0.25, -0.2) is 9.69 Å².